The van der Waals surface area contributed by atoms with Gasteiger partial charge < -0.3 is 5.73 Å². The Kier molecular flexibility index (Phi) is 6.21. The molecule has 2 nitrogen and oxygen atoms in total. The lowest BCUT2D eigenvalue weighted by Crippen LogP contribution is -1.96. The monoisotopic (exact) mass is 256 g/mol. The second-order valence-electron chi connectivity index (χ2n) is 2.61. The molecule has 0 amide bonds. The van der Waals surface area contributed by atoms with Crippen molar-refractivity contribution in [1.82, 2.24) is 0 Å². The third-order valence-electron chi connectivity index (χ3n) is 1.65. The predicted octanol–water partition coefficient (Wildman–Crippen LogP) is 3.41. The Labute approximate surface area is 94.4 Å². The first kappa shape index (κ1) is 13.2. The van der Waals surface area contributed by atoms with Crippen LogP contribution in [0.5, 0.6) is 0 Å². The maximum Gasteiger partial charge on any atom is 0.0433 e. The number of nitrogens with zero attached hydrogens (tertiary/aromatic N) is 1. The standard InChI is InChI=1S/C9H11BrN2.C2H6/c1-6-3-8(10)4-7(5-12-2)9(6)11;1-2/h3-5H,11H2,1-2H3;1-2H3. The number of anilines is 1. The number of hydrogen-bond donors (Lipinski definition) is 1. The maximum absolute atomic E-state index is 5.83. The molecule has 2 N–H and O–H groups in total. The average molecular weight is 257 g/mol. The third-order valence-corrected chi connectivity index (χ3v) is 2.11. The van der Waals surface area contributed by atoms with E-state index in [2.05, 4.69) is 20.9 Å². The Balaban J connectivity index is 0.000000791. The Morgan fingerprint density at radius 3 is 2.43 bits per heavy atom. The molecular weight excluding hydrogens is 240 g/mol. The van der Waals surface area contributed by atoms with E-state index in [-0.39, 0.29) is 0 Å². The predicted molar refractivity (Wildman–Crippen MR) is 68.2 cm³/mol. The van der Waals surface area contributed by atoms with E-state index in [9.17, 15) is 0 Å². The van der Waals surface area contributed by atoms with Crippen molar-refractivity contribution in [2.24, 2.45) is 4.99 Å². The molecule has 0 fully saturated rings. The van der Waals surface area contributed by atoms with Crippen molar-refractivity contribution in [1.29, 1.82) is 0 Å². The van der Waals surface area contributed by atoms with Gasteiger partial charge in [-0.3, -0.25) is 4.99 Å². The number of benzene rings is 1. The Hall–Kier alpha value is -0.830. The normalized spacial score (nSPS) is 9.79. The molecule has 78 valence electrons. The van der Waals surface area contributed by atoms with Crippen LogP contribution in [0.25, 0.3) is 0 Å². The molecule has 0 aliphatic heterocycles. The van der Waals surface area contributed by atoms with Crippen molar-refractivity contribution in [2.45, 2.75) is 20.8 Å². The highest BCUT2D eigenvalue weighted by Gasteiger charge is 2.00. The summed E-state index contributed by atoms with van der Waals surface area (Å²) < 4.78 is 1.03. The first-order chi connectivity index (χ1) is 6.65. The van der Waals surface area contributed by atoms with Crippen molar-refractivity contribution >= 4 is 27.8 Å². The second-order valence-corrected chi connectivity index (χ2v) is 3.53. The summed E-state index contributed by atoms with van der Waals surface area (Å²) in [6.45, 7) is 5.98. The van der Waals surface area contributed by atoms with Gasteiger partial charge in [0.15, 0.2) is 0 Å². The first-order valence-corrected chi connectivity index (χ1v) is 5.42. The fourth-order valence-corrected chi connectivity index (χ4v) is 1.62. The molecule has 0 bridgehead atoms. The van der Waals surface area contributed by atoms with Crippen LogP contribution in [0.4, 0.5) is 5.69 Å². The number of nitrogens with two attached hydrogens (primary N) is 1. The van der Waals surface area contributed by atoms with E-state index < -0.39 is 0 Å². The van der Waals surface area contributed by atoms with Crippen LogP contribution in [0, 0.1) is 6.92 Å². The van der Waals surface area contributed by atoms with Crippen LogP contribution >= 0.6 is 15.9 Å². The molecule has 0 aliphatic rings. The van der Waals surface area contributed by atoms with Crippen molar-refractivity contribution in [3.8, 4) is 0 Å². The number of hydrogen-bond acceptors (Lipinski definition) is 2. The number of nitrogen functional groups attached to an aromatic ring is 1. The van der Waals surface area contributed by atoms with Crippen molar-refractivity contribution in [3.05, 3.63) is 27.7 Å². The minimum atomic E-state index is 0.795. The number of halogens is 1. The van der Waals surface area contributed by atoms with Crippen LogP contribution in [-0.2, 0) is 0 Å². The molecule has 0 atom stereocenters. The maximum atomic E-state index is 5.83. The highest BCUT2D eigenvalue weighted by molar-refractivity contribution is 9.10. The van der Waals surface area contributed by atoms with Crippen molar-refractivity contribution in [2.75, 3.05) is 12.8 Å². The summed E-state index contributed by atoms with van der Waals surface area (Å²) in [4.78, 5) is 3.92. The number of rotatable bonds is 1. The molecule has 0 heterocycles. The zero-order valence-corrected chi connectivity index (χ0v) is 10.7. The molecule has 0 unspecified atom stereocenters. The summed E-state index contributed by atoms with van der Waals surface area (Å²) in [6, 6.07) is 3.94. The largest absolute Gasteiger partial charge is 0.398 e. The molecule has 0 radical (unpaired) electrons. The summed E-state index contributed by atoms with van der Waals surface area (Å²) in [5, 5.41) is 0. The number of aliphatic imine (C=N–C) groups is 1. The summed E-state index contributed by atoms with van der Waals surface area (Å²) in [5.74, 6) is 0. The topological polar surface area (TPSA) is 38.4 Å². The molecule has 0 aromatic heterocycles. The van der Waals surface area contributed by atoms with Gasteiger partial charge in [-0.05, 0) is 24.6 Å². The molecule has 1 aromatic rings. The molecule has 1 aromatic carbocycles. The fourth-order valence-electron chi connectivity index (χ4n) is 1.03. The van der Waals surface area contributed by atoms with Gasteiger partial charge >= 0.3 is 0 Å². The summed E-state index contributed by atoms with van der Waals surface area (Å²) >= 11 is 3.40. The molecule has 3 heteroatoms. The van der Waals surface area contributed by atoms with Crippen LogP contribution < -0.4 is 5.73 Å². The van der Waals surface area contributed by atoms with Crippen LogP contribution in [0.1, 0.15) is 25.0 Å². The van der Waals surface area contributed by atoms with Gasteiger partial charge in [-0.2, -0.15) is 0 Å². The Morgan fingerprint density at radius 1 is 1.36 bits per heavy atom. The van der Waals surface area contributed by atoms with E-state index in [1.54, 1.807) is 13.3 Å². The van der Waals surface area contributed by atoms with Crippen LogP contribution in [-0.4, -0.2) is 13.3 Å². The van der Waals surface area contributed by atoms with Gasteiger partial charge in [0.1, 0.15) is 0 Å². The van der Waals surface area contributed by atoms with Gasteiger partial charge in [0.05, 0.1) is 0 Å². The fraction of sp³-hybridized carbons (Fsp3) is 0.364. The van der Waals surface area contributed by atoms with Crippen molar-refractivity contribution < 1.29 is 0 Å². The Bertz CT molecular complexity index is 319. The van der Waals surface area contributed by atoms with Gasteiger partial charge in [-0.15, -0.1) is 0 Å². The van der Waals surface area contributed by atoms with E-state index >= 15 is 0 Å². The lowest BCUT2D eigenvalue weighted by Gasteiger charge is -2.04. The van der Waals surface area contributed by atoms with Gasteiger partial charge in [0.2, 0.25) is 0 Å². The van der Waals surface area contributed by atoms with Crippen molar-refractivity contribution in [3.63, 3.8) is 0 Å². The highest BCUT2D eigenvalue weighted by Crippen LogP contribution is 2.21. The zero-order valence-electron chi connectivity index (χ0n) is 9.13. The quantitative estimate of drug-likeness (QED) is 0.607. The van der Waals surface area contributed by atoms with E-state index in [0.29, 0.717) is 0 Å². The van der Waals surface area contributed by atoms with Gasteiger partial charge in [-0.25, -0.2) is 0 Å². The van der Waals surface area contributed by atoms with Gasteiger partial charge in [0, 0.05) is 29.0 Å². The smallest absolute Gasteiger partial charge is 0.0433 e. The molecule has 14 heavy (non-hydrogen) atoms. The van der Waals surface area contributed by atoms with Gasteiger partial charge in [-0.1, -0.05) is 29.8 Å². The minimum absolute atomic E-state index is 0.795. The minimum Gasteiger partial charge on any atom is -0.398 e. The summed E-state index contributed by atoms with van der Waals surface area (Å²) in [7, 11) is 1.73. The summed E-state index contributed by atoms with van der Waals surface area (Å²) in [5.41, 5.74) is 8.65. The SMILES string of the molecule is CC.CN=Cc1cc(Br)cc(C)c1N. The zero-order chi connectivity index (χ0) is 11.1. The molecule has 0 spiro atoms. The van der Waals surface area contributed by atoms with E-state index in [0.717, 1.165) is 21.3 Å². The lowest BCUT2D eigenvalue weighted by molar-refractivity contribution is 1.42. The molecule has 0 saturated heterocycles. The van der Waals surface area contributed by atoms with E-state index in [4.69, 9.17) is 5.73 Å². The lowest BCUT2D eigenvalue weighted by atomic mass is 10.1. The molecule has 0 saturated carbocycles. The van der Waals surface area contributed by atoms with Gasteiger partial charge in [0.25, 0.3) is 0 Å². The first-order valence-electron chi connectivity index (χ1n) is 4.63. The molecular formula is C11H17BrN2. The van der Waals surface area contributed by atoms with E-state index in [1.807, 2.05) is 32.9 Å². The van der Waals surface area contributed by atoms with Crippen LogP contribution in [0.15, 0.2) is 21.6 Å². The second kappa shape index (κ2) is 6.60. The summed E-state index contributed by atoms with van der Waals surface area (Å²) in [6.07, 6.45) is 1.76. The van der Waals surface area contributed by atoms with Crippen LogP contribution in [0.2, 0.25) is 0 Å². The van der Waals surface area contributed by atoms with Crippen LogP contribution in [0.3, 0.4) is 0 Å². The highest BCUT2D eigenvalue weighted by atomic mass is 79.9. The molecule has 0 aliphatic carbocycles. The van der Waals surface area contributed by atoms with E-state index in [1.165, 1.54) is 0 Å². The average Bonchev–Trinajstić information content (AvgIpc) is 2.17. The number of aryl methyl sites for hydroxylation is 1. The third kappa shape index (κ3) is 3.50. The Morgan fingerprint density at radius 2 is 1.93 bits per heavy atom. The molecule has 1 rings (SSSR count).